The van der Waals surface area contributed by atoms with E-state index in [4.69, 9.17) is 4.74 Å². The van der Waals surface area contributed by atoms with Crippen LogP contribution in [0.5, 0.6) is 0 Å². The molecule has 1 nitrogen and oxygen atoms in total. The normalized spacial score (nSPS) is 32.1. The summed E-state index contributed by atoms with van der Waals surface area (Å²) in [6.07, 6.45) is 22.0. The molecule has 0 aromatic heterocycles. The highest BCUT2D eigenvalue weighted by atomic mass is 16.5. The van der Waals surface area contributed by atoms with Crippen LogP contribution < -0.4 is 0 Å². The molecular formula is C22H42O. The Kier molecular flexibility index (Phi) is 9.65. The average Bonchev–Trinajstić information content (AvgIpc) is 2.60. The average molecular weight is 323 g/mol. The van der Waals surface area contributed by atoms with Crippen molar-refractivity contribution < 1.29 is 4.74 Å². The molecular weight excluding hydrogens is 280 g/mol. The first-order valence-electron chi connectivity index (χ1n) is 10.9. The van der Waals surface area contributed by atoms with Crippen LogP contribution in [0.25, 0.3) is 0 Å². The maximum atomic E-state index is 6.19. The minimum atomic E-state index is 0.591. The summed E-state index contributed by atoms with van der Waals surface area (Å²) in [5.41, 5.74) is 0. The molecule has 136 valence electrons. The standard InChI is InChI=1S/C22H42O/c1-3-5-7-10-19-13-15-20(16-14-19)21-11-9-12-22(18-21)23-17-8-6-4-2/h19-22H,3-18H2,1-2H3. The summed E-state index contributed by atoms with van der Waals surface area (Å²) in [5, 5.41) is 0. The second-order valence-corrected chi connectivity index (χ2v) is 8.40. The van der Waals surface area contributed by atoms with Crippen LogP contribution in [0.2, 0.25) is 0 Å². The van der Waals surface area contributed by atoms with Crippen LogP contribution in [-0.4, -0.2) is 12.7 Å². The third-order valence-corrected chi connectivity index (χ3v) is 6.54. The highest BCUT2D eigenvalue weighted by Crippen LogP contribution is 2.41. The SMILES string of the molecule is CCCCCOC1CCCC(C2CCC(CCCCC)CC2)C1. The van der Waals surface area contributed by atoms with Crippen LogP contribution in [-0.2, 0) is 4.74 Å². The van der Waals surface area contributed by atoms with Crippen LogP contribution in [0.1, 0.15) is 110 Å². The van der Waals surface area contributed by atoms with E-state index in [2.05, 4.69) is 13.8 Å². The molecule has 0 bridgehead atoms. The number of hydrogen-bond donors (Lipinski definition) is 0. The molecule has 2 unspecified atom stereocenters. The molecule has 2 saturated carbocycles. The van der Waals surface area contributed by atoms with Gasteiger partial charge in [-0.05, 0) is 56.3 Å². The molecule has 0 N–H and O–H groups in total. The highest BCUT2D eigenvalue weighted by Gasteiger charge is 2.31. The van der Waals surface area contributed by atoms with Crippen LogP contribution in [0.15, 0.2) is 0 Å². The summed E-state index contributed by atoms with van der Waals surface area (Å²) < 4.78 is 6.19. The summed E-state index contributed by atoms with van der Waals surface area (Å²) in [4.78, 5) is 0. The quantitative estimate of drug-likeness (QED) is 0.388. The van der Waals surface area contributed by atoms with Crippen LogP contribution >= 0.6 is 0 Å². The molecule has 2 atom stereocenters. The lowest BCUT2D eigenvalue weighted by molar-refractivity contribution is -0.00359. The van der Waals surface area contributed by atoms with Gasteiger partial charge < -0.3 is 4.74 Å². The zero-order chi connectivity index (χ0) is 16.3. The van der Waals surface area contributed by atoms with Gasteiger partial charge in [0.25, 0.3) is 0 Å². The summed E-state index contributed by atoms with van der Waals surface area (Å²) in [7, 11) is 0. The number of unbranched alkanes of at least 4 members (excludes halogenated alkanes) is 4. The summed E-state index contributed by atoms with van der Waals surface area (Å²) in [5.74, 6) is 3.07. The van der Waals surface area contributed by atoms with Crippen LogP contribution in [0.3, 0.4) is 0 Å². The van der Waals surface area contributed by atoms with E-state index in [0.717, 1.165) is 24.4 Å². The first kappa shape index (κ1) is 19.3. The lowest BCUT2D eigenvalue weighted by Gasteiger charge is -2.38. The second-order valence-electron chi connectivity index (χ2n) is 8.40. The molecule has 2 aliphatic carbocycles. The molecule has 0 heterocycles. The van der Waals surface area contributed by atoms with Crippen LogP contribution in [0.4, 0.5) is 0 Å². The minimum absolute atomic E-state index is 0.591. The van der Waals surface area contributed by atoms with Crippen molar-refractivity contribution in [2.75, 3.05) is 6.61 Å². The molecule has 1 heteroatoms. The molecule has 0 amide bonds. The smallest absolute Gasteiger partial charge is 0.0577 e. The Hall–Kier alpha value is -0.0400. The zero-order valence-corrected chi connectivity index (χ0v) is 16.0. The van der Waals surface area contributed by atoms with Crippen molar-refractivity contribution in [1.29, 1.82) is 0 Å². The number of rotatable bonds is 10. The fraction of sp³-hybridized carbons (Fsp3) is 1.00. The Balaban J connectivity index is 1.63. The van der Waals surface area contributed by atoms with E-state index in [0.29, 0.717) is 6.10 Å². The first-order chi connectivity index (χ1) is 11.3. The number of hydrogen-bond acceptors (Lipinski definition) is 1. The first-order valence-corrected chi connectivity index (χ1v) is 10.9. The Bertz CT molecular complexity index is 280. The third-order valence-electron chi connectivity index (χ3n) is 6.54. The van der Waals surface area contributed by atoms with Gasteiger partial charge in [0.1, 0.15) is 0 Å². The zero-order valence-electron chi connectivity index (χ0n) is 16.0. The van der Waals surface area contributed by atoms with Crippen LogP contribution in [0, 0.1) is 17.8 Å². The second kappa shape index (κ2) is 11.5. The van der Waals surface area contributed by atoms with E-state index in [1.54, 1.807) is 0 Å². The van der Waals surface area contributed by atoms with Crippen molar-refractivity contribution in [3.63, 3.8) is 0 Å². The van der Waals surface area contributed by atoms with E-state index in [1.807, 2.05) is 0 Å². The fourth-order valence-corrected chi connectivity index (χ4v) is 4.99. The summed E-state index contributed by atoms with van der Waals surface area (Å²) in [6, 6.07) is 0. The lowest BCUT2D eigenvalue weighted by Crippen LogP contribution is -2.30. The van der Waals surface area contributed by atoms with Gasteiger partial charge in [0, 0.05) is 6.61 Å². The van der Waals surface area contributed by atoms with Gasteiger partial charge in [-0.2, -0.15) is 0 Å². The van der Waals surface area contributed by atoms with Crippen molar-refractivity contribution in [3.8, 4) is 0 Å². The molecule has 2 aliphatic rings. The van der Waals surface area contributed by atoms with Crippen molar-refractivity contribution in [1.82, 2.24) is 0 Å². The van der Waals surface area contributed by atoms with Gasteiger partial charge in [0.15, 0.2) is 0 Å². The molecule has 0 aliphatic heterocycles. The lowest BCUT2D eigenvalue weighted by atomic mass is 9.70. The predicted octanol–water partition coefficient (Wildman–Crippen LogP) is 7.14. The maximum Gasteiger partial charge on any atom is 0.0577 e. The van der Waals surface area contributed by atoms with Gasteiger partial charge in [-0.25, -0.2) is 0 Å². The molecule has 0 spiro atoms. The van der Waals surface area contributed by atoms with E-state index in [9.17, 15) is 0 Å². The Morgan fingerprint density at radius 1 is 0.739 bits per heavy atom. The van der Waals surface area contributed by atoms with Gasteiger partial charge in [-0.15, -0.1) is 0 Å². The summed E-state index contributed by atoms with van der Waals surface area (Å²) >= 11 is 0. The van der Waals surface area contributed by atoms with Gasteiger partial charge >= 0.3 is 0 Å². The van der Waals surface area contributed by atoms with Gasteiger partial charge in [-0.1, -0.05) is 71.6 Å². The van der Waals surface area contributed by atoms with Gasteiger partial charge in [0.2, 0.25) is 0 Å². The molecule has 0 aromatic rings. The van der Waals surface area contributed by atoms with E-state index < -0.39 is 0 Å². The van der Waals surface area contributed by atoms with Crippen molar-refractivity contribution in [2.24, 2.45) is 17.8 Å². The minimum Gasteiger partial charge on any atom is -0.378 e. The monoisotopic (exact) mass is 322 g/mol. The molecule has 23 heavy (non-hydrogen) atoms. The third kappa shape index (κ3) is 7.16. The Labute approximate surface area is 146 Å². The van der Waals surface area contributed by atoms with E-state index in [1.165, 1.54) is 96.3 Å². The molecule has 0 radical (unpaired) electrons. The van der Waals surface area contributed by atoms with E-state index in [-0.39, 0.29) is 0 Å². The predicted molar refractivity (Wildman–Crippen MR) is 101 cm³/mol. The van der Waals surface area contributed by atoms with Crippen molar-refractivity contribution in [3.05, 3.63) is 0 Å². The highest BCUT2D eigenvalue weighted by molar-refractivity contribution is 4.83. The Morgan fingerprint density at radius 3 is 2.22 bits per heavy atom. The molecule has 0 aromatic carbocycles. The van der Waals surface area contributed by atoms with E-state index >= 15 is 0 Å². The van der Waals surface area contributed by atoms with Gasteiger partial charge in [0.05, 0.1) is 6.10 Å². The Morgan fingerprint density at radius 2 is 1.48 bits per heavy atom. The topological polar surface area (TPSA) is 9.23 Å². The van der Waals surface area contributed by atoms with Gasteiger partial charge in [-0.3, -0.25) is 0 Å². The van der Waals surface area contributed by atoms with Crippen molar-refractivity contribution >= 4 is 0 Å². The van der Waals surface area contributed by atoms with Crippen molar-refractivity contribution in [2.45, 2.75) is 116 Å². The molecule has 2 fully saturated rings. The molecule has 0 saturated heterocycles. The maximum absolute atomic E-state index is 6.19. The molecule has 2 rings (SSSR count). The largest absolute Gasteiger partial charge is 0.378 e. The summed E-state index contributed by atoms with van der Waals surface area (Å²) in [6.45, 7) is 5.60. The fourth-order valence-electron chi connectivity index (χ4n) is 4.99. The number of ether oxygens (including phenoxy) is 1.